The predicted molar refractivity (Wildman–Crippen MR) is 94.1 cm³/mol. The largest absolute Gasteiger partial charge is 0.497 e. The number of imidazole rings is 1. The van der Waals surface area contributed by atoms with E-state index in [1.54, 1.807) is 7.11 Å². The maximum absolute atomic E-state index is 12.2. The van der Waals surface area contributed by atoms with Crippen molar-refractivity contribution in [2.45, 2.75) is 33.1 Å². The Balaban J connectivity index is 1.80. The zero-order chi connectivity index (χ0) is 17.3. The van der Waals surface area contributed by atoms with Gasteiger partial charge in [-0.3, -0.25) is 4.79 Å². The Morgan fingerprint density at radius 1 is 1.33 bits per heavy atom. The zero-order valence-electron chi connectivity index (χ0n) is 14.8. The van der Waals surface area contributed by atoms with Crippen LogP contribution in [0.4, 0.5) is 0 Å². The molecule has 1 amide bonds. The lowest BCUT2D eigenvalue weighted by atomic mass is 10.1. The fourth-order valence-electron chi connectivity index (χ4n) is 3.28. The minimum Gasteiger partial charge on any atom is -0.497 e. The molecule has 0 aliphatic carbocycles. The molecule has 5 heteroatoms. The third-order valence-corrected chi connectivity index (χ3v) is 4.45. The first-order valence-electron chi connectivity index (χ1n) is 8.46. The number of carbonyl (C=O) groups excluding carboxylic acids is 1. The molecule has 1 aliphatic heterocycles. The van der Waals surface area contributed by atoms with Crippen LogP contribution in [0.5, 0.6) is 5.75 Å². The Morgan fingerprint density at radius 2 is 2.04 bits per heavy atom. The number of amides is 1. The number of aryl methyl sites for hydroxylation is 1. The topological polar surface area (TPSA) is 58.2 Å². The summed E-state index contributed by atoms with van der Waals surface area (Å²) in [6.45, 7) is 7.88. The molecule has 128 valence electrons. The number of likely N-dealkylation sites (tertiary alicyclic amines) is 1. The molecule has 1 aliphatic rings. The minimum absolute atomic E-state index is 0.155. The Bertz CT molecular complexity index is 719. The van der Waals surface area contributed by atoms with Crippen LogP contribution >= 0.6 is 0 Å². The molecule has 0 spiro atoms. The maximum atomic E-state index is 12.2. The number of hydrogen-bond donors (Lipinski definition) is 1. The molecule has 0 saturated carbocycles. The van der Waals surface area contributed by atoms with Gasteiger partial charge in [-0.15, -0.1) is 0 Å². The van der Waals surface area contributed by atoms with E-state index in [2.05, 4.69) is 18.8 Å². The minimum atomic E-state index is 0.155. The first-order valence-corrected chi connectivity index (χ1v) is 8.46. The maximum Gasteiger partial charge on any atom is 0.223 e. The number of benzene rings is 1. The molecule has 1 fully saturated rings. The van der Waals surface area contributed by atoms with Crippen molar-refractivity contribution in [3.8, 4) is 17.0 Å². The van der Waals surface area contributed by atoms with Gasteiger partial charge in [0, 0.05) is 36.7 Å². The Morgan fingerprint density at radius 3 is 2.67 bits per heavy atom. The summed E-state index contributed by atoms with van der Waals surface area (Å²) in [5.74, 6) is 2.62. The molecule has 2 heterocycles. The molecule has 0 radical (unpaired) electrons. The number of nitrogens with one attached hydrogen (secondary N) is 1. The summed E-state index contributed by atoms with van der Waals surface area (Å²) >= 11 is 0. The van der Waals surface area contributed by atoms with Gasteiger partial charge in [-0.25, -0.2) is 4.98 Å². The fourth-order valence-corrected chi connectivity index (χ4v) is 3.28. The molecule has 3 rings (SSSR count). The van der Waals surface area contributed by atoms with Crippen LogP contribution in [0, 0.1) is 12.8 Å². The van der Waals surface area contributed by atoms with Gasteiger partial charge in [0.15, 0.2) is 0 Å². The molecule has 2 aromatic rings. The smallest absolute Gasteiger partial charge is 0.223 e. The molecule has 1 saturated heterocycles. The second-order valence-electron chi connectivity index (χ2n) is 6.92. The lowest BCUT2D eigenvalue weighted by molar-refractivity contribution is -0.128. The Hall–Kier alpha value is -2.30. The van der Waals surface area contributed by atoms with Crippen molar-refractivity contribution >= 4 is 5.91 Å². The van der Waals surface area contributed by atoms with E-state index in [0.717, 1.165) is 41.6 Å². The summed E-state index contributed by atoms with van der Waals surface area (Å²) < 4.78 is 5.21. The second-order valence-corrected chi connectivity index (χ2v) is 6.92. The highest BCUT2D eigenvalue weighted by Crippen LogP contribution is 2.30. The lowest BCUT2D eigenvalue weighted by Crippen LogP contribution is -2.29. The van der Waals surface area contributed by atoms with Crippen LogP contribution in [0.1, 0.15) is 37.7 Å². The van der Waals surface area contributed by atoms with Crippen molar-refractivity contribution < 1.29 is 9.53 Å². The van der Waals surface area contributed by atoms with Crippen molar-refractivity contribution in [3.63, 3.8) is 0 Å². The third kappa shape index (κ3) is 3.30. The number of rotatable bonds is 5. The summed E-state index contributed by atoms with van der Waals surface area (Å²) in [5, 5.41) is 0. The van der Waals surface area contributed by atoms with Crippen LogP contribution in [0.3, 0.4) is 0 Å². The molecule has 24 heavy (non-hydrogen) atoms. The first-order chi connectivity index (χ1) is 11.5. The van der Waals surface area contributed by atoms with E-state index in [1.165, 1.54) is 0 Å². The van der Waals surface area contributed by atoms with E-state index >= 15 is 0 Å². The van der Waals surface area contributed by atoms with E-state index in [4.69, 9.17) is 9.72 Å². The predicted octanol–water partition coefficient (Wildman–Crippen LogP) is 3.37. The molecule has 5 nitrogen and oxygen atoms in total. The molecule has 1 unspecified atom stereocenters. The number of ether oxygens (including phenoxy) is 1. The van der Waals surface area contributed by atoms with Gasteiger partial charge in [0.05, 0.1) is 12.8 Å². The summed E-state index contributed by atoms with van der Waals surface area (Å²) in [4.78, 5) is 22.3. The molecule has 1 aromatic heterocycles. The van der Waals surface area contributed by atoms with Crippen LogP contribution in [-0.2, 0) is 4.79 Å². The van der Waals surface area contributed by atoms with Crippen molar-refractivity contribution in [2.24, 2.45) is 5.92 Å². The van der Waals surface area contributed by atoms with Crippen LogP contribution in [-0.4, -0.2) is 41.0 Å². The fraction of sp³-hybridized carbons (Fsp3) is 0.474. The SMILES string of the molecule is COc1ccc(-c2nc(C3CC(=O)N(CC(C)C)C3)[nH]c2C)cc1. The molecule has 1 aromatic carbocycles. The van der Waals surface area contributed by atoms with Crippen LogP contribution < -0.4 is 4.74 Å². The number of aromatic amines is 1. The standard InChI is InChI=1S/C19H25N3O2/c1-12(2)10-22-11-15(9-17(22)23)19-20-13(3)18(21-19)14-5-7-16(24-4)8-6-14/h5-8,12,15H,9-11H2,1-4H3,(H,20,21). The highest BCUT2D eigenvalue weighted by molar-refractivity contribution is 5.79. The van der Waals surface area contributed by atoms with E-state index in [0.29, 0.717) is 12.3 Å². The van der Waals surface area contributed by atoms with Gasteiger partial charge in [0.2, 0.25) is 5.91 Å². The number of carbonyl (C=O) groups is 1. The quantitative estimate of drug-likeness (QED) is 0.916. The van der Waals surface area contributed by atoms with Crippen molar-refractivity contribution in [2.75, 3.05) is 20.2 Å². The van der Waals surface area contributed by atoms with E-state index in [9.17, 15) is 4.79 Å². The second kappa shape index (κ2) is 6.67. The molecular formula is C19H25N3O2. The first kappa shape index (κ1) is 16.6. The molecule has 1 N–H and O–H groups in total. The third-order valence-electron chi connectivity index (χ3n) is 4.45. The van der Waals surface area contributed by atoms with Gasteiger partial charge >= 0.3 is 0 Å². The summed E-state index contributed by atoms with van der Waals surface area (Å²) in [7, 11) is 1.66. The summed E-state index contributed by atoms with van der Waals surface area (Å²) in [6, 6.07) is 7.90. The number of hydrogen-bond acceptors (Lipinski definition) is 3. The normalized spacial score (nSPS) is 17.8. The number of nitrogens with zero attached hydrogens (tertiary/aromatic N) is 2. The van der Waals surface area contributed by atoms with Gasteiger partial charge in [0.1, 0.15) is 11.6 Å². The molecule has 1 atom stereocenters. The van der Waals surface area contributed by atoms with Gasteiger partial charge in [-0.2, -0.15) is 0 Å². The van der Waals surface area contributed by atoms with Crippen molar-refractivity contribution in [1.82, 2.24) is 14.9 Å². The lowest BCUT2D eigenvalue weighted by Gasteiger charge is -2.18. The average molecular weight is 327 g/mol. The monoisotopic (exact) mass is 327 g/mol. The Kier molecular flexibility index (Phi) is 4.60. The number of methoxy groups -OCH3 is 1. The number of aromatic nitrogens is 2. The van der Waals surface area contributed by atoms with Gasteiger partial charge in [0.25, 0.3) is 0 Å². The van der Waals surface area contributed by atoms with Crippen molar-refractivity contribution in [3.05, 3.63) is 35.8 Å². The molecular weight excluding hydrogens is 302 g/mol. The highest BCUT2D eigenvalue weighted by atomic mass is 16.5. The van der Waals surface area contributed by atoms with Crippen LogP contribution in [0.2, 0.25) is 0 Å². The van der Waals surface area contributed by atoms with Crippen LogP contribution in [0.25, 0.3) is 11.3 Å². The highest BCUT2D eigenvalue weighted by Gasteiger charge is 2.33. The zero-order valence-corrected chi connectivity index (χ0v) is 14.8. The molecule has 0 bridgehead atoms. The van der Waals surface area contributed by atoms with Crippen LogP contribution in [0.15, 0.2) is 24.3 Å². The van der Waals surface area contributed by atoms with E-state index < -0.39 is 0 Å². The van der Waals surface area contributed by atoms with E-state index in [1.807, 2.05) is 36.1 Å². The average Bonchev–Trinajstić information content (AvgIpc) is 3.10. The summed E-state index contributed by atoms with van der Waals surface area (Å²) in [5.41, 5.74) is 3.03. The van der Waals surface area contributed by atoms with E-state index in [-0.39, 0.29) is 11.8 Å². The van der Waals surface area contributed by atoms with Crippen molar-refractivity contribution in [1.29, 1.82) is 0 Å². The number of H-pyrrole nitrogens is 1. The van der Waals surface area contributed by atoms with Gasteiger partial charge < -0.3 is 14.6 Å². The van der Waals surface area contributed by atoms with Gasteiger partial charge in [-0.1, -0.05) is 13.8 Å². The Labute approximate surface area is 143 Å². The summed E-state index contributed by atoms with van der Waals surface area (Å²) in [6.07, 6.45) is 0.543. The van der Waals surface area contributed by atoms with Gasteiger partial charge in [-0.05, 0) is 37.1 Å².